The van der Waals surface area contributed by atoms with Gasteiger partial charge in [0.1, 0.15) is 6.10 Å². The summed E-state index contributed by atoms with van der Waals surface area (Å²) in [4.78, 5) is 26.1. The first-order chi connectivity index (χ1) is 14.5. The lowest BCUT2D eigenvalue weighted by Gasteiger charge is -2.28. The van der Waals surface area contributed by atoms with Crippen molar-refractivity contribution in [3.63, 3.8) is 0 Å². The topological polar surface area (TPSA) is 58.2 Å². The fourth-order valence-electron chi connectivity index (χ4n) is 4.40. The van der Waals surface area contributed by atoms with Gasteiger partial charge in [-0.25, -0.2) is 4.79 Å². The van der Waals surface area contributed by atoms with Crippen LogP contribution in [-0.4, -0.2) is 20.3 Å². The van der Waals surface area contributed by atoms with E-state index < -0.39 is 6.10 Å². The van der Waals surface area contributed by atoms with Crippen LogP contribution in [-0.2, 0) is 25.4 Å². The predicted molar refractivity (Wildman–Crippen MR) is 117 cm³/mol. The molecule has 0 fully saturated rings. The molecule has 3 heterocycles. The summed E-state index contributed by atoms with van der Waals surface area (Å²) >= 11 is 6.50. The molecule has 0 saturated carbocycles. The lowest BCUT2D eigenvalue weighted by molar-refractivity contribution is 0.0479. The minimum Gasteiger partial charge on any atom is -0.365 e. The van der Waals surface area contributed by atoms with Crippen molar-refractivity contribution in [2.45, 2.75) is 12.6 Å². The van der Waals surface area contributed by atoms with Crippen molar-refractivity contribution in [1.29, 1.82) is 0 Å². The maximum atomic E-state index is 13.3. The maximum absolute atomic E-state index is 13.3. The molecule has 5 rings (SSSR count). The lowest BCUT2D eigenvalue weighted by atomic mass is 10.0. The Balaban J connectivity index is 1.98. The van der Waals surface area contributed by atoms with Crippen LogP contribution in [0.4, 0.5) is 0 Å². The molecule has 0 radical (unpaired) electrons. The van der Waals surface area contributed by atoms with E-state index in [1.807, 2.05) is 54.6 Å². The van der Waals surface area contributed by atoms with Gasteiger partial charge in [-0.05, 0) is 11.6 Å². The van der Waals surface area contributed by atoms with Crippen LogP contribution < -0.4 is 11.2 Å². The van der Waals surface area contributed by atoms with Crippen molar-refractivity contribution >= 4 is 22.5 Å². The molecule has 1 atom stereocenters. The highest BCUT2D eigenvalue weighted by molar-refractivity contribution is 6.31. The largest absolute Gasteiger partial charge is 0.365 e. The van der Waals surface area contributed by atoms with Crippen LogP contribution in [0.25, 0.3) is 22.2 Å². The molecule has 1 aliphatic heterocycles. The zero-order chi connectivity index (χ0) is 21.0. The molecule has 0 aliphatic carbocycles. The fraction of sp³-hybridized carbons (Fsp3) is 0.217. The van der Waals surface area contributed by atoms with Gasteiger partial charge in [0.25, 0.3) is 5.56 Å². The highest BCUT2D eigenvalue weighted by atomic mass is 35.5. The Morgan fingerprint density at radius 1 is 0.967 bits per heavy atom. The number of benzene rings is 2. The van der Waals surface area contributed by atoms with Crippen LogP contribution in [0, 0.1) is 0 Å². The number of aromatic nitrogens is 3. The number of hydrogen-bond acceptors (Lipinski definition) is 3. The molecule has 0 N–H and O–H groups in total. The quantitative estimate of drug-likeness (QED) is 0.498. The zero-order valence-corrected chi connectivity index (χ0v) is 17.4. The molecule has 2 aromatic carbocycles. The number of aryl methyl sites for hydroxylation is 1. The van der Waals surface area contributed by atoms with E-state index in [2.05, 4.69) is 4.57 Å². The Morgan fingerprint density at radius 3 is 2.40 bits per heavy atom. The van der Waals surface area contributed by atoms with Crippen molar-refractivity contribution < 1.29 is 4.74 Å². The van der Waals surface area contributed by atoms with Crippen LogP contribution in [0.15, 0.2) is 64.2 Å². The molecule has 0 spiro atoms. The molecule has 4 aromatic rings. The number of ether oxygens (including phenoxy) is 1. The Labute approximate surface area is 177 Å². The van der Waals surface area contributed by atoms with E-state index in [4.69, 9.17) is 16.3 Å². The van der Waals surface area contributed by atoms with E-state index >= 15 is 0 Å². The molecule has 30 heavy (non-hydrogen) atoms. The Bertz CT molecular complexity index is 1400. The maximum Gasteiger partial charge on any atom is 0.331 e. The minimum atomic E-state index is -0.481. The molecule has 0 amide bonds. The third-order valence-electron chi connectivity index (χ3n) is 5.79. The van der Waals surface area contributed by atoms with Crippen molar-refractivity contribution in [3.8, 4) is 11.3 Å². The summed E-state index contributed by atoms with van der Waals surface area (Å²) in [5, 5.41) is 1.10. The summed E-state index contributed by atoms with van der Waals surface area (Å²) in [6.45, 7) is 1.05. The van der Waals surface area contributed by atoms with Crippen LogP contribution >= 0.6 is 11.6 Å². The minimum absolute atomic E-state index is 0.313. The molecule has 2 aromatic heterocycles. The molecule has 152 valence electrons. The van der Waals surface area contributed by atoms with Crippen LogP contribution in [0.2, 0.25) is 5.02 Å². The molecule has 7 heteroatoms. The highest BCUT2D eigenvalue weighted by Crippen LogP contribution is 2.41. The highest BCUT2D eigenvalue weighted by Gasteiger charge is 2.33. The molecule has 0 bridgehead atoms. The monoisotopic (exact) mass is 421 g/mol. The number of hydrogen-bond donors (Lipinski definition) is 0. The Hall–Kier alpha value is -3.09. The average molecular weight is 422 g/mol. The van der Waals surface area contributed by atoms with Crippen molar-refractivity contribution in [3.05, 3.63) is 91.7 Å². The van der Waals surface area contributed by atoms with Gasteiger partial charge in [-0.15, -0.1) is 0 Å². The summed E-state index contributed by atoms with van der Waals surface area (Å²) < 4.78 is 11.0. The first-order valence-corrected chi connectivity index (χ1v) is 10.1. The number of fused-ring (bicyclic) bond motifs is 3. The molecular formula is C23H20ClN3O3. The van der Waals surface area contributed by atoms with E-state index in [-0.39, 0.29) is 11.2 Å². The summed E-state index contributed by atoms with van der Waals surface area (Å²) in [5.41, 5.74) is 3.22. The van der Waals surface area contributed by atoms with Gasteiger partial charge in [-0.3, -0.25) is 13.9 Å². The third-order valence-corrected chi connectivity index (χ3v) is 6.13. The molecule has 0 unspecified atom stereocenters. The van der Waals surface area contributed by atoms with E-state index in [1.165, 1.54) is 11.6 Å². The smallest absolute Gasteiger partial charge is 0.331 e. The third kappa shape index (κ3) is 2.61. The predicted octanol–water partition coefficient (Wildman–Crippen LogP) is 3.48. The second-order valence-electron chi connectivity index (χ2n) is 7.45. The van der Waals surface area contributed by atoms with E-state index in [0.29, 0.717) is 29.1 Å². The summed E-state index contributed by atoms with van der Waals surface area (Å²) in [5.74, 6) is 0. The van der Waals surface area contributed by atoms with Gasteiger partial charge in [0.2, 0.25) is 0 Å². The van der Waals surface area contributed by atoms with Crippen molar-refractivity contribution in [2.75, 3.05) is 6.61 Å². The molecule has 0 saturated heterocycles. The first kappa shape index (κ1) is 18.9. The second kappa shape index (κ2) is 7.00. The summed E-state index contributed by atoms with van der Waals surface area (Å²) in [6, 6.07) is 17.3. The molecule has 1 aliphatic rings. The van der Waals surface area contributed by atoms with Gasteiger partial charge in [-0.1, -0.05) is 60.1 Å². The van der Waals surface area contributed by atoms with E-state index in [9.17, 15) is 9.59 Å². The second-order valence-corrected chi connectivity index (χ2v) is 7.86. The van der Waals surface area contributed by atoms with Crippen molar-refractivity contribution in [1.82, 2.24) is 13.7 Å². The van der Waals surface area contributed by atoms with Gasteiger partial charge in [0.05, 0.1) is 28.9 Å². The Kier molecular flexibility index (Phi) is 4.41. The SMILES string of the molecule is Cn1c(=O)c2c(-c3ccccc3)n3c(c2n(C)c1=O)[C@@H](c1ccccc1Cl)OCC3. The number of nitrogens with zero attached hydrogens (tertiary/aromatic N) is 3. The van der Waals surface area contributed by atoms with Crippen molar-refractivity contribution in [2.24, 2.45) is 14.1 Å². The first-order valence-electron chi connectivity index (χ1n) is 9.74. The van der Waals surface area contributed by atoms with Gasteiger partial charge >= 0.3 is 5.69 Å². The van der Waals surface area contributed by atoms with Crippen LogP contribution in [0.3, 0.4) is 0 Å². The zero-order valence-electron chi connectivity index (χ0n) is 16.6. The standard InChI is InChI=1S/C23H20ClN3O3/c1-25-19-17(22(28)26(2)23(25)29)18(14-8-4-3-5-9-14)27-12-13-30-21(20(19)27)15-10-6-7-11-16(15)24/h3-11,21H,12-13H2,1-2H3/t21-/m1/s1. The average Bonchev–Trinajstić information content (AvgIpc) is 3.13. The molecule has 6 nitrogen and oxygen atoms in total. The van der Waals surface area contributed by atoms with E-state index in [1.54, 1.807) is 7.05 Å². The van der Waals surface area contributed by atoms with Gasteiger partial charge in [-0.2, -0.15) is 0 Å². The van der Waals surface area contributed by atoms with Gasteiger partial charge in [0.15, 0.2) is 0 Å². The summed E-state index contributed by atoms with van der Waals surface area (Å²) in [6.07, 6.45) is -0.481. The van der Waals surface area contributed by atoms with Crippen LogP contribution in [0.5, 0.6) is 0 Å². The van der Waals surface area contributed by atoms with E-state index in [0.717, 1.165) is 27.1 Å². The van der Waals surface area contributed by atoms with Gasteiger partial charge < -0.3 is 9.30 Å². The Morgan fingerprint density at radius 2 is 1.67 bits per heavy atom. The molecular weight excluding hydrogens is 402 g/mol. The fourth-order valence-corrected chi connectivity index (χ4v) is 4.64. The lowest BCUT2D eigenvalue weighted by Crippen LogP contribution is -2.37. The number of halogens is 1. The normalized spacial score (nSPS) is 16.0. The summed E-state index contributed by atoms with van der Waals surface area (Å²) in [7, 11) is 3.20. The van der Waals surface area contributed by atoms with Gasteiger partial charge in [0, 0.05) is 31.2 Å². The number of rotatable bonds is 2. The van der Waals surface area contributed by atoms with Crippen LogP contribution in [0.1, 0.15) is 17.4 Å².